The molecule has 238 valence electrons. The van der Waals surface area contributed by atoms with Crippen LogP contribution in [0.5, 0.6) is 0 Å². The smallest absolute Gasteiger partial charge is 0.318 e. The molecule has 0 aliphatic carbocycles. The van der Waals surface area contributed by atoms with Gasteiger partial charge in [0.2, 0.25) is 6.41 Å². The minimum absolute atomic E-state index is 0.00732. The Hall–Kier alpha value is -3.69. The van der Waals surface area contributed by atoms with Gasteiger partial charge in [-0.15, -0.1) is 0 Å². The molecule has 0 atom stereocenters. The van der Waals surface area contributed by atoms with E-state index >= 15 is 0 Å². The molecule has 0 saturated carbocycles. The topological polar surface area (TPSA) is 49.4 Å². The van der Waals surface area contributed by atoms with Gasteiger partial charge in [-0.1, -0.05) is 42.0 Å². The number of carbonyl (C=O) groups is 2. The Kier molecular flexibility index (Phi) is 15.4. The van der Waals surface area contributed by atoms with Crippen molar-refractivity contribution in [2.75, 3.05) is 31.6 Å². The van der Waals surface area contributed by atoms with Crippen LogP contribution in [-0.4, -0.2) is 46.1 Å². The summed E-state index contributed by atoms with van der Waals surface area (Å²) in [7, 11) is 2.16. The normalized spacial score (nSPS) is 11.0. The third-order valence-electron chi connectivity index (χ3n) is 5.16. The predicted molar refractivity (Wildman–Crippen MR) is 143 cm³/mol. The van der Waals surface area contributed by atoms with Crippen LogP contribution in [0.25, 0.3) is 0 Å². The van der Waals surface area contributed by atoms with E-state index in [1.54, 1.807) is 5.32 Å². The molecular weight excluding hydrogens is 673 g/mol. The van der Waals surface area contributed by atoms with Crippen LogP contribution in [0.1, 0.15) is 21.5 Å². The van der Waals surface area contributed by atoms with Gasteiger partial charge < -0.3 is 10.2 Å². The highest BCUT2D eigenvalue weighted by molar-refractivity contribution is 9.10. The van der Waals surface area contributed by atoms with E-state index in [0.29, 0.717) is 14.4 Å². The summed E-state index contributed by atoms with van der Waals surface area (Å²) in [5.41, 5.74) is -8.74. The Balaban J connectivity index is 0.00000136. The molecule has 0 spiro atoms. The second-order valence-electron chi connectivity index (χ2n) is 7.93. The summed E-state index contributed by atoms with van der Waals surface area (Å²) in [6.07, 6.45) is -12.7. The van der Waals surface area contributed by atoms with E-state index in [2.05, 4.69) is 35.0 Å². The van der Waals surface area contributed by atoms with Crippen LogP contribution in [0.4, 0.5) is 59.7 Å². The molecule has 3 rings (SSSR count). The molecule has 0 fully saturated rings. The summed E-state index contributed by atoms with van der Waals surface area (Å²) in [6.45, 7) is 2.08. The van der Waals surface area contributed by atoms with E-state index < -0.39 is 56.8 Å². The molecular formula is C27H24BrF11N2O2. The monoisotopic (exact) mass is 696 g/mol. The third-order valence-corrected chi connectivity index (χ3v) is 5.79. The molecule has 16 heteroatoms. The first-order chi connectivity index (χ1) is 20.0. The molecule has 3 aromatic rings. The number of hydrogen-bond donors (Lipinski definition) is 1. The van der Waals surface area contributed by atoms with E-state index in [1.807, 2.05) is 18.2 Å². The molecule has 0 bridgehead atoms. The summed E-state index contributed by atoms with van der Waals surface area (Å²) in [4.78, 5) is 23.9. The lowest BCUT2D eigenvalue weighted by molar-refractivity contribution is -0.348. The number of alkyl halides is 9. The highest BCUT2D eigenvalue weighted by Crippen LogP contribution is 2.54. The first-order valence-electron chi connectivity index (χ1n) is 11.3. The fraction of sp³-hybridized carbons (Fsp3) is 0.259. The van der Waals surface area contributed by atoms with Crippen molar-refractivity contribution in [3.8, 4) is 0 Å². The largest absolute Gasteiger partial charge is 0.435 e. The van der Waals surface area contributed by atoms with E-state index in [0.717, 1.165) is 30.1 Å². The average Bonchev–Trinajstić information content (AvgIpc) is 2.95. The molecule has 43 heavy (non-hydrogen) atoms. The number of nitrogens with one attached hydrogen (secondary N) is 1. The van der Waals surface area contributed by atoms with Gasteiger partial charge in [0.15, 0.2) is 5.82 Å². The highest BCUT2D eigenvalue weighted by atomic mass is 79.9. The maximum atomic E-state index is 14.5. The second kappa shape index (κ2) is 16.8. The van der Waals surface area contributed by atoms with Crippen molar-refractivity contribution in [1.82, 2.24) is 0 Å². The van der Waals surface area contributed by atoms with Crippen LogP contribution in [0.3, 0.4) is 0 Å². The van der Waals surface area contributed by atoms with Crippen LogP contribution >= 0.6 is 15.9 Å². The maximum absolute atomic E-state index is 14.5. The van der Waals surface area contributed by atoms with E-state index in [-0.39, 0.29) is 24.2 Å². The molecule has 2 amide bonds. The minimum atomic E-state index is -6.48. The highest BCUT2D eigenvalue weighted by Gasteiger charge is 2.73. The fourth-order valence-corrected chi connectivity index (χ4v) is 3.65. The van der Waals surface area contributed by atoms with Crippen LogP contribution in [0, 0.1) is 18.6 Å². The number of benzene rings is 3. The van der Waals surface area contributed by atoms with Crippen molar-refractivity contribution >= 4 is 39.6 Å². The molecule has 1 N–H and O–H groups in total. The number of nitrogens with zero attached hydrogens (tertiary/aromatic N) is 1. The lowest BCUT2D eigenvalue weighted by atomic mass is 9.93. The molecule has 0 saturated heterocycles. The number of anilines is 2. The van der Waals surface area contributed by atoms with Crippen molar-refractivity contribution in [3.63, 3.8) is 0 Å². The molecule has 0 unspecified atom stereocenters. The van der Waals surface area contributed by atoms with Gasteiger partial charge in [-0.3, -0.25) is 18.4 Å². The van der Waals surface area contributed by atoms with Crippen LogP contribution < -0.4 is 10.2 Å². The number of aryl methyl sites for hydroxylation is 1. The van der Waals surface area contributed by atoms with Gasteiger partial charge in [0.25, 0.3) is 5.91 Å². The van der Waals surface area contributed by atoms with Gasteiger partial charge in [-0.25, -0.2) is 13.2 Å². The fourth-order valence-electron chi connectivity index (χ4n) is 3.12. The van der Waals surface area contributed by atoms with Gasteiger partial charge in [0, 0.05) is 17.1 Å². The first kappa shape index (κ1) is 39.3. The summed E-state index contributed by atoms with van der Waals surface area (Å²) in [5.74, 6) is -4.43. The summed E-state index contributed by atoms with van der Waals surface area (Å²) < 4.78 is 138. The lowest BCUT2D eigenvalue weighted by Gasteiger charge is -2.30. The summed E-state index contributed by atoms with van der Waals surface area (Å²) >= 11 is 2.49. The lowest BCUT2D eigenvalue weighted by Crippen LogP contribution is -2.50. The molecule has 0 aromatic heterocycles. The van der Waals surface area contributed by atoms with Crippen LogP contribution in [-0.2, 0) is 10.5 Å². The van der Waals surface area contributed by atoms with Gasteiger partial charge in [-0.2, -0.15) is 26.3 Å². The molecule has 3 aromatic carbocycles. The van der Waals surface area contributed by atoms with Crippen molar-refractivity contribution in [2.45, 2.75) is 24.9 Å². The standard InChI is InChI=1S/C18H10BrF9N2O2.C7H8.2CH3F/c1-30(7-31)12-4-2-3-9(13(12)21)15(32)29-14-10(19)5-8(6-11(14)20)16(22,17(23,24)25)18(26,27)28;1-7-5-3-2-4-6-7;2*1-2/h2-7H,1H3,(H,29,32);2-6H,1H3;2*1H3. The third kappa shape index (κ3) is 9.66. The Labute approximate surface area is 247 Å². The Morgan fingerprint density at radius 1 is 0.837 bits per heavy atom. The Bertz CT molecular complexity index is 1300. The van der Waals surface area contributed by atoms with Crippen molar-refractivity contribution in [3.05, 3.63) is 93.5 Å². The minimum Gasteiger partial charge on any atom is -0.318 e. The molecule has 0 aliphatic rings. The number of hydrogen-bond acceptors (Lipinski definition) is 2. The SMILES string of the molecule is CF.CF.CN(C=O)c1cccc(C(=O)Nc2c(F)cc(C(F)(C(F)(F)F)C(F)(F)F)cc2Br)c1F.Cc1ccccc1. The number of amides is 2. The number of rotatable bonds is 5. The van der Waals surface area contributed by atoms with Crippen LogP contribution in [0.2, 0.25) is 0 Å². The first-order valence-corrected chi connectivity index (χ1v) is 12.1. The Morgan fingerprint density at radius 3 is 1.74 bits per heavy atom. The van der Waals surface area contributed by atoms with Crippen LogP contribution in [0.15, 0.2) is 65.1 Å². The van der Waals surface area contributed by atoms with Crippen molar-refractivity contribution in [1.29, 1.82) is 0 Å². The van der Waals surface area contributed by atoms with Gasteiger partial charge in [0.05, 0.1) is 31.3 Å². The van der Waals surface area contributed by atoms with Gasteiger partial charge >= 0.3 is 18.0 Å². The quantitative estimate of drug-likeness (QED) is 0.214. The summed E-state index contributed by atoms with van der Waals surface area (Å²) in [5, 5.41) is 1.78. The van der Waals surface area contributed by atoms with Crippen molar-refractivity contribution in [2.24, 2.45) is 0 Å². The maximum Gasteiger partial charge on any atom is 0.435 e. The van der Waals surface area contributed by atoms with E-state index in [1.165, 1.54) is 5.56 Å². The zero-order chi connectivity index (χ0) is 33.8. The number of carbonyl (C=O) groups excluding carboxylic acids is 2. The molecule has 0 aliphatic heterocycles. The van der Waals surface area contributed by atoms with E-state index in [9.17, 15) is 57.9 Å². The molecule has 0 radical (unpaired) electrons. The van der Waals surface area contributed by atoms with Gasteiger partial charge in [-0.05, 0) is 47.1 Å². The second-order valence-corrected chi connectivity index (χ2v) is 8.79. The van der Waals surface area contributed by atoms with Crippen molar-refractivity contribution < 1.29 is 57.9 Å². The summed E-state index contributed by atoms with van der Waals surface area (Å²) in [6, 6.07) is 13.1. The Morgan fingerprint density at radius 2 is 1.35 bits per heavy atom. The zero-order valence-corrected chi connectivity index (χ0v) is 24.2. The van der Waals surface area contributed by atoms with E-state index in [4.69, 9.17) is 0 Å². The predicted octanol–water partition coefficient (Wildman–Crippen LogP) is 9.03. The van der Waals surface area contributed by atoms with Gasteiger partial charge in [0.1, 0.15) is 5.82 Å². The molecule has 0 heterocycles. The number of halogens is 12. The average molecular weight is 697 g/mol. The zero-order valence-electron chi connectivity index (χ0n) is 22.7. The molecule has 4 nitrogen and oxygen atoms in total.